The second-order valence-corrected chi connectivity index (χ2v) is 5.09. The Hall–Kier alpha value is -2.66. The number of nitrogens with zero attached hydrogens (tertiary/aromatic N) is 3. The maximum absolute atomic E-state index is 12.2. The van der Waals surface area contributed by atoms with E-state index in [1.807, 2.05) is 25.1 Å². The van der Waals surface area contributed by atoms with Crippen LogP contribution in [-0.4, -0.2) is 20.7 Å². The van der Waals surface area contributed by atoms with Gasteiger partial charge in [0.15, 0.2) is 11.0 Å². The van der Waals surface area contributed by atoms with Gasteiger partial charge in [-0.2, -0.15) is 0 Å². The minimum Gasteiger partial charge on any atom is -0.305 e. The van der Waals surface area contributed by atoms with E-state index in [9.17, 15) is 4.79 Å². The summed E-state index contributed by atoms with van der Waals surface area (Å²) >= 11 is 6.03. The molecule has 22 heavy (non-hydrogen) atoms. The molecule has 0 bridgehead atoms. The molecule has 3 rings (SSSR count). The van der Waals surface area contributed by atoms with Crippen LogP contribution in [0.4, 0.5) is 5.82 Å². The predicted octanol–water partition coefficient (Wildman–Crippen LogP) is 3.48. The molecule has 2 aromatic heterocycles. The number of halogens is 1. The van der Waals surface area contributed by atoms with Gasteiger partial charge in [-0.3, -0.25) is 4.79 Å². The Morgan fingerprint density at radius 2 is 2.00 bits per heavy atom. The highest BCUT2D eigenvalue weighted by molar-refractivity contribution is 6.31. The second-order valence-electron chi connectivity index (χ2n) is 4.73. The molecule has 0 spiro atoms. The van der Waals surface area contributed by atoms with Gasteiger partial charge in [0, 0.05) is 24.0 Å². The zero-order valence-corrected chi connectivity index (χ0v) is 12.6. The Kier molecular flexibility index (Phi) is 3.89. The van der Waals surface area contributed by atoms with Gasteiger partial charge in [-0.1, -0.05) is 29.8 Å². The van der Waals surface area contributed by atoms with Crippen LogP contribution < -0.4 is 5.32 Å². The Morgan fingerprint density at radius 3 is 2.77 bits per heavy atom. The van der Waals surface area contributed by atoms with Gasteiger partial charge in [0.1, 0.15) is 5.69 Å². The molecule has 0 unspecified atom stereocenters. The maximum atomic E-state index is 12.2. The lowest BCUT2D eigenvalue weighted by Crippen LogP contribution is -2.14. The van der Waals surface area contributed by atoms with Crippen LogP contribution in [0.15, 0.2) is 54.9 Å². The molecule has 0 aliphatic rings. The molecule has 0 atom stereocenters. The smallest absolute Gasteiger partial charge is 0.257 e. The van der Waals surface area contributed by atoms with Crippen molar-refractivity contribution < 1.29 is 4.79 Å². The molecule has 1 aromatic carbocycles. The van der Waals surface area contributed by atoms with Gasteiger partial charge in [0.25, 0.3) is 5.91 Å². The normalized spacial score (nSPS) is 10.5. The summed E-state index contributed by atoms with van der Waals surface area (Å²) in [6.07, 6.45) is 3.33. The van der Waals surface area contributed by atoms with Gasteiger partial charge in [-0.05, 0) is 30.7 Å². The number of anilines is 1. The van der Waals surface area contributed by atoms with E-state index in [0.29, 0.717) is 22.2 Å². The molecule has 110 valence electrons. The summed E-state index contributed by atoms with van der Waals surface area (Å²) in [4.78, 5) is 16.3. The van der Waals surface area contributed by atoms with Crippen LogP contribution in [0.2, 0.25) is 5.15 Å². The highest BCUT2D eigenvalue weighted by Gasteiger charge is 2.11. The topological polar surface area (TPSA) is 59.8 Å². The third-order valence-electron chi connectivity index (χ3n) is 3.21. The van der Waals surface area contributed by atoms with Crippen molar-refractivity contribution in [2.45, 2.75) is 6.92 Å². The fourth-order valence-corrected chi connectivity index (χ4v) is 2.29. The lowest BCUT2D eigenvalue weighted by molar-refractivity contribution is 0.102. The molecule has 0 fully saturated rings. The van der Waals surface area contributed by atoms with Crippen LogP contribution in [0.5, 0.6) is 0 Å². The zero-order chi connectivity index (χ0) is 15.5. The van der Waals surface area contributed by atoms with Crippen molar-refractivity contribution in [2.24, 2.45) is 0 Å². The number of nitrogens with one attached hydrogen (secondary N) is 1. The largest absolute Gasteiger partial charge is 0.305 e. The molecule has 0 saturated heterocycles. The van der Waals surface area contributed by atoms with Crippen LogP contribution in [-0.2, 0) is 0 Å². The predicted molar refractivity (Wildman–Crippen MR) is 85.5 cm³/mol. The molecule has 0 saturated carbocycles. The van der Waals surface area contributed by atoms with E-state index in [2.05, 4.69) is 15.4 Å². The molecule has 3 aromatic rings. The first-order valence-electron chi connectivity index (χ1n) is 6.69. The van der Waals surface area contributed by atoms with Crippen LogP contribution in [0.3, 0.4) is 0 Å². The molecule has 0 aliphatic heterocycles. The number of carbonyl (C=O) groups excluding carboxylic acids is 1. The van der Waals surface area contributed by atoms with Crippen LogP contribution in [0.25, 0.3) is 5.69 Å². The Labute approximate surface area is 132 Å². The summed E-state index contributed by atoms with van der Waals surface area (Å²) in [5, 5.41) is 7.42. The number of benzene rings is 1. The first-order valence-corrected chi connectivity index (χ1v) is 7.06. The Bertz CT molecular complexity index is 828. The number of hydrogen-bond donors (Lipinski definition) is 1. The number of aromatic nitrogens is 3. The average molecular weight is 313 g/mol. The molecule has 1 N–H and O–H groups in total. The van der Waals surface area contributed by atoms with E-state index in [1.165, 1.54) is 0 Å². The fraction of sp³-hybridized carbons (Fsp3) is 0.0625. The van der Waals surface area contributed by atoms with Gasteiger partial charge < -0.3 is 5.32 Å². The molecule has 0 aliphatic carbocycles. The van der Waals surface area contributed by atoms with Crippen molar-refractivity contribution in [3.8, 4) is 5.69 Å². The summed E-state index contributed by atoms with van der Waals surface area (Å²) in [6, 6.07) is 12.7. The standard InChI is InChI=1S/C16H13ClN4O/c1-11-5-2-3-6-12(11)16(22)19-14-8-10-21(20-14)13-7-4-9-18-15(13)17/h2-10H,1H3,(H,19,20,22). The number of pyridine rings is 1. The third-order valence-corrected chi connectivity index (χ3v) is 3.50. The lowest BCUT2D eigenvalue weighted by Gasteiger charge is -2.05. The van der Waals surface area contributed by atoms with Crippen LogP contribution >= 0.6 is 11.6 Å². The van der Waals surface area contributed by atoms with E-state index in [0.717, 1.165) is 5.56 Å². The first kappa shape index (κ1) is 14.3. The van der Waals surface area contributed by atoms with E-state index in [4.69, 9.17) is 11.6 Å². The number of amides is 1. The van der Waals surface area contributed by atoms with Gasteiger partial charge in [0.05, 0.1) is 0 Å². The summed E-state index contributed by atoms with van der Waals surface area (Å²) in [6.45, 7) is 1.89. The monoisotopic (exact) mass is 312 g/mol. The minimum atomic E-state index is -0.194. The molecular weight excluding hydrogens is 300 g/mol. The van der Waals surface area contributed by atoms with E-state index in [1.54, 1.807) is 41.3 Å². The van der Waals surface area contributed by atoms with Crippen molar-refractivity contribution in [3.05, 3.63) is 71.1 Å². The summed E-state index contributed by atoms with van der Waals surface area (Å²) in [5.74, 6) is 0.258. The van der Waals surface area contributed by atoms with Gasteiger partial charge in [-0.15, -0.1) is 5.10 Å². The Morgan fingerprint density at radius 1 is 1.18 bits per heavy atom. The van der Waals surface area contributed by atoms with Crippen molar-refractivity contribution >= 4 is 23.3 Å². The molecule has 2 heterocycles. The van der Waals surface area contributed by atoms with Gasteiger partial charge in [0.2, 0.25) is 0 Å². The molecule has 1 amide bonds. The first-order chi connectivity index (χ1) is 10.6. The SMILES string of the molecule is Cc1ccccc1C(=O)Nc1ccn(-c2cccnc2Cl)n1. The van der Waals surface area contributed by atoms with Crippen molar-refractivity contribution in [3.63, 3.8) is 0 Å². The molecule has 5 nitrogen and oxygen atoms in total. The minimum absolute atomic E-state index is 0.194. The highest BCUT2D eigenvalue weighted by atomic mass is 35.5. The highest BCUT2D eigenvalue weighted by Crippen LogP contribution is 2.18. The van der Waals surface area contributed by atoms with E-state index < -0.39 is 0 Å². The van der Waals surface area contributed by atoms with E-state index in [-0.39, 0.29) is 5.91 Å². The fourth-order valence-electron chi connectivity index (χ4n) is 2.08. The summed E-state index contributed by atoms with van der Waals surface area (Å²) in [7, 11) is 0. The molecule has 6 heteroatoms. The number of rotatable bonds is 3. The number of aryl methyl sites for hydroxylation is 1. The van der Waals surface area contributed by atoms with Crippen LogP contribution in [0, 0.1) is 6.92 Å². The summed E-state index contributed by atoms with van der Waals surface area (Å²) in [5.41, 5.74) is 2.19. The second kappa shape index (κ2) is 5.99. The maximum Gasteiger partial charge on any atom is 0.257 e. The van der Waals surface area contributed by atoms with Crippen molar-refractivity contribution in [1.82, 2.24) is 14.8 Å². The number of hydrogen-bond acceptors (Lipinski definition) is 3. The quantitative estimate of drug-likeness (QED) is 0.753. The van der Waals surface area contributed by atoms with E-state index >= 15 is 0 Å². The average Bonchev–Trinajstić information content (AvgIpc) is 2.96. The van der Waals surface area contributed by atoms with Crippen molar-refractivity contribution in [2.75, 3.05) is 5.32 Å². The summed E-state index contributed by atoms with van der Waals surface area (Å²) < 4.78 is 1.57. The zero-order valence-electron chi connectivity index (χ0n) is 11.8. The molecular formula is C16H13ClN4O. The van der Waals surface area contributed by atoms with Crippen LogP contribution in [0.1, 0.15) is 15.9 Å². The van der Waals surface area contributed by atoms with Gasteiger partial charge in [-0.25, -0.2) is 9.67 Å². The third kappa shape index (κ3) is 2.84. The molecule has 0 radical (unpaired) electrons. The van der Waals surface area contributed by atoms with Crippen molar-refractivity contribution in [1.29, 1.82) is 0 Å². The number of carbonyl (C=O) groups is 1. The Balaban J connectivity index is 1.82. The van der Waals surface area contributed by atoms with Gasteiger partial charge >= 0.3 is 0 Å². The lowest BCUT2D eigenvalue weighted by atomic mass is 10.1.